The van der Waals surface area contributed by atoms with Crippen molar-refractivity contribution >= 4 is 5.91 Å². The molecule has 25 heavy (non-hydrogen) atoms. The molecule has 1 aromatic rings. The molecule has 138 valence electrons. The second kappa shape index (κ2) is 8.19. The molecular formula is C20H30N2O3. The molecule has 3 rings (SSSR count). The number of hydrogen-bond acceptors (Lipinski definition) is 4. The van der Waals surface area contributed by atoms with Crippen LogP contribution in [0.15, 0.2) is 12.1 Å². The van der Waals surface area contributed by atoms with E-state index in [-0.39, 0.29) is 5.91 Å². The molecule has 2 aliphatic heterocycles. The molecule has 0 spiro atoms. The Morgan fingerprint density at radius 2 is 1.72 bits per heavy atom. The zero-order chi connectivity index (χ0) is 17.8. The van der Waals surface area contributed by atoms with Crippen LogP contribution in [0.1, 0.15) is 36.0 Å². The van der Waals surface area contributed by atoms with Crippen LogP contribution < -0.4 is 0 Å². The third kappa shape index (κ3) is 4.53. The Morgan fingerprint density at radius 1 is 1.12 bits per heavy atom. The summed E-state index contributed by atoms with van der Waals surface area (Å²) in [6.45, 7) is 9.19. The van der Waals surface area contributed by atoms with Gasteiger partial charge < -0.3 is 14.7 Å². The van der Waals surface area contributed by atoms with Crippen LogP contribution in [0.2, 0.25) is 0 Å². The van der Waals surface area contributed by atoms with Crippen molar-refractivity contribution in [2.45, 2.75) is 45.6 Å². The lowest BCUT2D eigenvalue weighted by Crippen LogP contribution is -2.53. The van der Waals surface area contributed by atoms with E-state index in [2.05, 4.69) is 4.90 Å². The molecule has 5 heteroatoms. The summed E-state index contributed by atoms with van der Waals surface area (Å²) in [4.78, 5) is 17.1. The van der Waals surface area contributed by atoms with E-state index >= 15 is 0 Å². The number of benzene rings is 1. The summed E-state index contributed by atoms with van der Waals surface area (Å²) < 4.78 is 5.44. The number of hydrogen-bond donors (Lipinski definition) is 1. The summed E-state index contributed by atoms with van der Waals surface area (Å²) in [6, 6.07) is 4.60. The van der Waals surface area contributed by atoms with Gasteiger partial charge in [-0.1, -0.05) is 12.1 Å². The number of rotatable bonds is 4. The summed E-state index contributed by atoms with van der Waals surface area (Å²) >= 11 is 0. The molecular weight excluding hydrogens is 316 g/mol. The first-order valence-electron chi connectivity index (χ1n) is 9.43. The number of aromatic hydroxyl groups is 1. The number of phenolic OH excluding ortho intramolecular Hbond substituents is 1. The van der Waals surface area contributed by atoms with Crippen molar-refractivity contribution in [3.63, 3.8) is 0 Å². The van der Waals surface area contributed by atoms with Gasteiger partial charge in [-0.05, 0) is 49.8 Å². The molecule has 5 nitrogen and oxygen atoms in total. The maximum Gasteiger partial charge on any atom is 0.222 e. The molecule has 0 unspecified atom stereocenters. The lowest BCUT2D eigenvalue weighted by molar-refractivity contribution is -0.133. The molecule has 0 radical (unpaired) electrons. The predicted octanol–water partition coefficient (Wildman–Crippen LogP) is 2.26. The maximum atomic E-state index is 12.5. The van der Waals surface area contributed by atoms with Gasteiger partial charge in [-0.3, -0.25) is 9.69 Å². The highest BCUT2D eigenvalue weighted by Gasteiger charge is 2.27. The maximum absolute atomic E-state index is 12.5. The minimum absolute atomic E-state index is 0.245. The van der Waals surface area contributed by atoms with Gasteiger partial charge in [-0.25, -0.2) is 0 Å². The third-order valence-electron chi connectivity index (χ3n) is 5.55. The summed E-state index contributed by atoms with van der Waals surface area (Å²) in [7, 11) is 0. The fraction of sp³-hybridized carbons (Fsp3) is 0.650. The lowest BCUT2D eigenvalue weighted by Gasteiger charge is -2.40. The molecule has 1 amide bonds. The van der Waals surface area contributed by atoms with Crippen LogP contribution in [0.4, 0.5) is 0 Å². The van der Waals surface area contributed by atoms with Gasteiger partial charge >= 0.3 is 0 Å². The van der Waals surface area contributed by atoms with Gasteiger partial charge in [0, 0.05) is 51.9 Å². The summed E-state index contributed by atoms with van der Waals surface area (Å²) in [5.74, 6) is 0.606. The Balaban J connectivity index is 1.46. The van der Waals surface area contributed by atoms with E-state index in [1.165, 1.54) is 0 Å². The normalized spacial score (nSPS) is 20.0. The van der Waals surface area contributed by atoms with Gasteiger partial charge in [0.15, 0.2) is 0 Å². The average molecular weight is 346 g/mol. The molecule has 2 aliphatic rings. The van der Waals surface area contributed by atoms with Crippen LogP contribution in [-0.4, -0.2) is 66.2 Å². The van der Waals surface area contributed by atoms with Gasteiger partial charge in [0.2, 0.25) is 5.91 Å². The zero-order valence-electron chi connectivity index (χ0n) is 15.5. The number of piperazine rings is 1. The first kappa shape index (κ1) is 18.2. The van der Waals surface area contributed by atoms with Gasteiger partial charge in [0.25, 0.3) is 0 Å². The van der Waals surface area contributed by atoms with E-state index in [4.69, 9.17) is 4.74 Å². The Labute approximate surface area is 150 Å². The minimum Gasteiger partial charge on any atom is -0.507 e. The van der Waals surface area contributed by atoms with Crippen LogP contribution in [0.25, 0.3) is 0 Å². The van der Waals surface area contributed by atoms with Gasteiger partial charge in [-0.15, -0.1) is 0 Å². The van der Waals surface area contributed by atoms with E-state index in [0.717, 1.165) is 75.3 Å². The summed E-state index contributed by atoms with van der Waals surface area (Å²) in [6.07, 6.45) is 3.52. The van der Waals surface area contributed by atoms with Crippen LogP contribution in [0.5, 0.6) is 5.75 Å². The van der Waals surface area contributed by atoms with Crippen molar-refractivity contribution in [2.75, 3.05) is 39.4 Å². The Bertz CT molecular complexity index is 580. The highest BCUT2D eigenvalue weighted by atomic mass is 16.5. The van der Waals surface area contributed by atoms with Crippen LogP contribution in [0, 0.1) is 13.8 Å². The lowest BCUT2D eigenvalue weighted by atomic mass is 10.0. The van der Waals surface area contributed by atoms with Crippen LogP contribution in [0.3, 0.4) is 0 Å². The molecule has 1 N–H and O–H groups in total. The molecule has 2 heterocycles. The highest BCUT2D eigenvalue weighted by molar-refractivity contribution is 5.76. The van der Waals surface area contributed by atoms with E-state index in [1.54, 1.807) is 0 Å². The van der Waals surface area contributed by atoms with Crippen molar-refractivity contribution in [1.82, 2.24) is 9.80 Å². The van der Waals surface area contributed by atoms with Crippen molar-refractivity contribution in [2.24, 2.45) is 0 Å². The second-order valence-electron chi connectivity index (χ2n) is 7.34. The van der Waals surface area contributed by atoms with E-state index in [0.29, 0.717) is 18.2 Å². The first-order valence-corrected chi connectivity index (χ1v) is 9.43. The number of ether oxygens (including phenoxy) is 1. The van der Waals surface area contributed by atoms with Crippen molar-refractivity contribution < 1.29 is 14.6 Å². The molecule has 0 aliphatic carbocycles. The molecule has 0 saturated carbocycles. The topological polar surface area (TPSA) is 53.0 Å². The molecule has 2 fully saturated rings. The standard InChI is InChI=1S/C20H30N2O3/c1-15-13-17(14-16(2)20(15)24)3-4-19(23)22-9-7-21(8-10-22)18-5-11-25-12-6-18/h13-14,18,24H,3-12H2,1-2H3. The SMILES string of the molecule is Cc1cc(CCC(=O)N2CCN(C3CCOCC3)CC2)cc(C)c1O. The Kier molecular flexibility index (Phi) is 5.97. The molecule has 2 saturated heterocycles. The third-order valence-corrected chi connectivity index (χ3v) is 5.55. The van der Waals surface area contributed by atoms with Crippen molar-refractivity contribution in [3.8, 4) is 5.75 Å². The quantitative estimate of drug-likeness (QED) is 0.909. The van der Waals surface area contributed by atoms with Crippen LogP contribution in [-0.2, 0) is 16.0 Å². The largest absolute Gasteiger partial charge is 0.507 e. The highest BCUT2D eigenvalue weighted by Crippen LogP contribution is 2.24. The Morgan fingerprint density at radius 3 is 2.32 bits per heavy atom. The Hall–Kier alpha value is -1.59. The fourth-order valence-electron chi connectivity index (χ4n) is 3.99. The fourth-order valence-corrected chi connectivity index (χ4v) is 3.99. The van der Waals surface area contributed by atoms with Crippen molar-refractivity contribution in [3.05, 3.63) is 28.8 Å². The summed E-state index contributed by atoms with van der Waals surface area (Å²) in [5, 5.41) is 9.86. The van der Waals surface area contributed by atoms with Crippen molar-refractivity contribution in [1.29, 1.82) is 0 Å². The first-order chi connectivity index (χ1) is 12.0. The van der Waals surface area contributed by atoms with Gasteiger partial charge in [-0.2, -0.15) is 0 Å². The number of carbonyl (C=O) groups excluding carboxylic acids is 1. The number of aryl methyl sites for hydroxylation is 3. The number of nitrogens with zero attached hydrogens (tertiary/aromatic N) is 2. The number of amides is 1. The van der Waals surface area contributed by atoms with Crippen LogP contribution >= 0.6 is 0 Å². The van der Waals surface area contributed by atoms with E-state index < -0.39 is 0 Å². The van der Waals surface area contributed by atoms with Gasteiger partial charge in [0.05, 0.1) is 0 Å². The summed E-state index contributed by atoms with van der Waals surface area (Å²) in [5.41, 5.74) is 2.89. The average Bonchev–Trinajstić information content (AvgIpc) is 2.65. The zero-order valence-corrected chi connectivity index (χ0v) is 15.5. The van der Waals surface area contributed by atoms with E-state index in [1.807, 2.05) is 30.9 Å². The number of phenols is 1. The molecule has 0 aromatic heterocycles. The molecule has 0 bridgehead atoms. The van der Waals surface area contributed by atoms with Gasteiger partial charge in [0.1, 0.15) is 5.75 Å². The molecule has 1 aromatic carbocycles. The molecule has 0 atom stereocenters. The smallest absolute Gasteiger partial charge is 0.222 e. The number of carbonyl (C=O) groups is 1. The second-order valence-corrected chi connectivity index (χ2v) is 7.34. The monoisotopic (exact) mass is 346 g/mol. The minimum atomic E-state index is 0.245. The van der Waals surface area contributed by atoms with E-state index in [9.17, 15) is 9.90 Å². The predicted molar refractivity (Wildman–Crippen MR) is 97.9 cm³/mol.